The van der Waals surface area contributed by atoms with Gasteiger partial charge in [-0.05, 0) is 24.3 Å². The highest BCUT2D eigenvalue weighted by Crippen LogP contribution is 2.18. The monoisotopic (exact) mass is 350 g/mol. The number of nitrogens with one attached hydrogen (secondary N) is 1. The second kappa shape index (κ2) is 7.82. The minimum absolute atomic E-state index is 0.0451. The lowest BCUT2D eigenvalue weighted by atomic mass is 10.3. The first kappa shape index (κ1) is 17.7. The van der Waals surface area contributed by atoms with Gasteiger partial charge in [-0.2, -0.15) is 0 Å². The summed E-state index contributed by atoms with van der Waals surface area (Å²) in [5, 5.41) is 2.84. The molecule has 0 aliphatic heterocycles. The molecule has 26 heavy (non-hydrogen) atoms. The van der Waals surface area contributed by atoms with E-state index in [0.717, 1.165) is 16.7 Å². The fourth-order valence-electron chi connectivity index (χ4n) is 2.78. The van der Waals surface area contributed by atoms with Crippen LogP contribution >= 0.6 is 0 Å². The number of anilines is 1. The molecule has 0 fully saturated rings. The molecule has 0 saturated heterocycles. The van der Waals surface area contributed by atoms with Crippen molar-refractivity contribution >= 4 is 28.5 Å². The summed E-state index contributed by atoms with van der Waals surface area (Å²) < 4.78 is 1.87. The average Bonchev–Trinajstić information content (AvgIpc) is 3.03. The molecule has 1 N–H and O–H groups in total. The van der Waals surface area contributed by atoms with E-state index in [0.29, 0.717) is 18.8 Å². The highest BCUT2D eigenvalue weighted by Gasteiger charge is 2.17. The predicted octanol–water partition coefficient (Wildman–Crippen LogP) is 2.73. The molecule has 1 heterocycles. The number of carbonyl (C=O) groups excluding carboxylic acids is 2. The minimum atomic E-state index is -0.0533. The average molecular weight is 350 g/mol. The zero-order chi connectivity index (χ0) is 18.5. The predicted molar refractivity (Wildman–Crippen MR) is 102 cm³/mol. The van der Waals surface area contributed by atoms with E-state index in [1.54, 1.807) is 18.9 Å². The van der Waals surface area contributed by atoms with Gasteiger partial charge >= 0.3 is 0 Å². The van der Waals surface area contributed by atoms with Gasteiger partial charge in [0, 0.05) is 19.2 Å². The number of aromatic nitrogens is 2. The SMILES string of the molecule is CCC(=O)NCc1nc2ccccc2n1CC(=O)N(C)c1ccccc1. The van der Waals surface area contributed by atoms with Crippen molar-refractivity contribution in [2.75, 3.05) is 11.9 Å². The van der Waals surface area contributed by atoms with Crippen LogP contribution in [0.1, 0.15) is 19.2 Å². The zero-order valence-corrected chi connectivity index (χ0v) is 15.0. The van der Waals surface area contributed by atoms with Gasteiger partial charge in [0.2, 0.25) is 11.8 Å². The van der Waals surface area contributed by atoms with E-state index in [1.807, 2.05) is 59.2 Å². The largest absolute Gasteiger partial charge is 0.349 e. The van der Waals surface area contributed by atoms with Gasteiger partial charge in [0.15, 0.2) is 0 Å². The fraction of sp³-hybridized carbons (Fsp3) is 0.250. The summed E-state index contributed by atoms with van der Waals surface area (Å²) in [7, 11) is 1.76. The molecule has 134 valence electrons. The first-order chi connectivity index (χ1) is 12.6. The second-order valence-corrected chi connectivity index (χ2v) is 6.02. The van der Waals surface area contributed by atoms with Gasteiger partial charge in [0.25, 0.3) is 0 Å². The van der Waals surface area contributed by atoms with Crippen LogP contribution in [0.25, 0.3) is 11.0 Å². The van der Waals surface area contributed by atoms with E-state index in [-0.39, 0.29) is 18.4 Å². The van der Waals surface area contributed by atoms with E-state index in [2.05, 4.69) is 10.3 Å². The highest BCUT2D eigenvalue weighted by molar-refractivity contribution is 5.93. The lowest BCUT2D eigenvalue weighted by Gasteiger charge is -2.18. The molecule has 1 aromatic heterocycles. The first-order valence-corrected chi connectivity index (χ1v) is 8.62. The Balaban J connectivity index is 1.87. The summed E-state index contributed by atoms with van der Waals surface area (Å²) in [5.74, 6) is 0.571. The number of nitrogens with zero attached hydrogens (tertiary/aromatic N) is 3. The number of fused-ring (bicyclic) bond motifs is 1. The van der Waals surface area contributed by atoms with Crippen molar-refractivity contribution in [3.63, 3.8) is 0 Å². The number of hydrogen-bond donors (Lipinski definition) is 1. The van der Waals surface area contributed by atoms with E-state index in [9.17, 15) is 9.59 Å². The van der Waals surface area contributed by atoms with Gasteiger partial charge in [-0.15, -0.1) is 0 Å². The summed E-state index contributed by atoms with van der Waals surface area (Å²) >= 11 is 0. The van der Waals surface area contributed by atoms with Crippen molar-refractivity contribution in [2.24, 2.45) is 0 Å². The van der Waals surface area contributed by atoms with Crippen molar-refractivity contribution in [2.45, 2.75) is 26.4 Å². The lowest BCUT2D eigenvalue weighted by molar-refractivity contribution is -0.121. The number of rotatable bonds is 6. The molecule has 0 radical (unpaired) electrons. The van der Waals surface area contributed by atoms with Crippen molar-refractivity contribution in [1.82, 2.24) is 14.9 Å². The molecule has 3 aromatic rings. The second-order valence-electron chi connectivity index (χ2n) is 6.02. The quantitative estimate of drug-likeness (QED) is 0.743. The number of carbonyl (C=O) groups is 2. The minimum Gasteiger partial charge on any atom is -0.349 e. The number of benzene rings is 2. The summed E-state index contributed by atoms with van der Waals surface area (Å²) in [6.07, 6.45) is 0.413. The third-order valence-electron chi connectivity index (χ3n) is 4.31. The fourth-order valence-corrected chi connectivity index (χ4v) is 2.78. The first-order valence-electron chi connectivity index (χ1n) is 8.62. The number of likely N-dealkylation sites (N-methyl/N-ethyl adjacent to an activating group) is 1. The van der Waals surface area contributed by atoms with Crippen LogP contribution in [-0.2, 0) is 22.7 Å². The van der Waals surface area contributed by atoms with E-state index < -0.39 is 0 Å². The summed E-state index contributed by atoms with van der Waals surface area (Å²) in [4.78, 5) is 30.6. The standard InChI is InChI=1S/C20H22N4O2/c1-3-19(25)21-13-18-22-16-11-7-8-12-17(16)24(18)14-20(26)23(2)15-9-5-4-6-10-15/h4-12H,3,13-14H2,1-2H3,(H,21,25). The summed E-state index contributed by atoms with van der Waals surface area (Å²) in [6.45, 7) is 2.25. The molecule has 0 aliphatic rings. The smallest absolute Gasteiger partial charge is 0.246 e. The molecule has 0 saturated carbocycles. The van der Waals surface area contributed by atoms with Crippen LogP contribution in [0.4, 0.5) is 5.69 Å². The van der Waals surface area contributed by atoms with Gasteiger partial charge in [-0.1, -0.05) is 37.3 Å². The molecule has 6 heteroatoms. The van der Waals surface area contributed by atoms with Crippen LogP contribution < -0.4 is 10.2 Å². The molecule has 0 aliphatic carbocycles. The molecule has 0 unspecified atom stereocenters. The highest BCUT2D eigenvalue weighted by atomic mass is 16.2. The molecule has 2 amide bonds. The Hall–Kier alpha value is -3.15. The maximum absolute atomic E-state index is 12.8. The Kier molecular flexibility index (Phi) is 5.31. The maximum Gasteiger partial charge on any atom is 0.246 e. The van der Waals surface area contributed by atoms with Gasteiger partial charge in [0.05, 0.1) is 17.6 Å². The molecular formula is C20H22N4O2. The third kappa shape index (κ3) is 3.74. The number of amides is 2. The van der Waals surface area contributed by atoms with Crippen molar-refractivity contribution in [3.8, 4) is 0 Å². The number of hydrogen-bond acceptors (Lipinski definition) is 3. The topological polar surface area (TPSA) is 67.2 Å². The van der Waals surface area contributed by atoms with Crippen LogP contribution in [0.3, 0.4) is 0 Å². The van der Waals surface area contributed by atoms with Gasteiger partial charge in [-0.3, -0.25) is 9.59 Å². The molecule has 0 atom stereocenters. The van der Waals surface area contributed by atoms with Gasteiger partial charge in [-0.25, -0.2) is 4.98 Å². The molecule has 0 spiro atoms. The number of imidazole rings is 1. The van der Waals surface area contributed by atoms with Crippen LogP contribution in [0.15, 0.2) is 54.6 Å². The Labute approximate surface area is 152 Å². The lowest BCUT2D eigenvalue weighted by Crippen LogP contribution is -2.31. The van der Waals surface area contributed by atoms with Crippen molar-refractivity contribution in [3.05, 3.63) is 60.4 Å². The van der Waals surface area contributed by atoms with Gasteiger partial charge < -0.3 is 14.8 Å². The van der Waals surface area contributed by atoms with Crippen LogP contribution in [-0.4, -0.2) is 28.4 Å². The molecular weight excluding hydrogens is 328 g/mol. The van der Waals surface area contributed by atoms with Crippen molar-refractivity contribution < 1.29 is 9.59 Å². The van der Waals surface area contributed by atoms with Crippen LogP contribution in [0.2, 0.25) is 0 Å². The normalized spacial score (nSPS) is 10.7. The van der Waals surface area contributed by atoms with E-state index in [4.69, 9.17) is 0 Å². The molecule has 6 nitrogen and oxygen atoms in total. The Bertz CT molecular complexity index is 918. The Morgan fingerprint density at radius 2 is 1.77 bits per heavy atom. The molecule has 3 rings (SSSR count). The number of para-hydroxylation sites is 3. The third-order valence-corrected chi connectivity index (χ3v) is 4.31. The molecule has 0 bridgehead atoms. The Morgan fingerprint density at radius 1 is 1.08 bits per heavy atom. The van der Waals surface area contributed by atoms with Crippen molar-refractivity contribution in [1.29, 1.82) is 0 Å². The van der Waals surface area contributed by atoms with E-state index in [1.165, 1.54) is 0 Å². The summed E-state index contributed by atoms with van der Waals surface area (Å²) in [5.41, 5.74) is 2.52. The molecule has 2 aromatic carbocycles. The van der Waals surface area contributed by atoms with Gasteiger partial charge in [0.1, 0.15) is 12.4 Å². The van der Waals surface area contributed by atoms with E-state index >= 15 is 0 Å². The Morgan fingerprint density at radius 3 is 2.50 bits per heavy atom. The van der Waals surface area contributed by atoms with Crippen LogP contribution in [0.5, 0.6) is 0 Å². The summed E-state index contributed by atoms with van der Waals surface area (Å²) in [6, 6.07) is 17.2. The maximum atomic E-state index is 12.8. The van der Waals surface area contributed by atoms with Crippen LogP contribution in [0, 0.1) is 0 Å². The zero-order valence-electron chi connectivity index (χ0n) is 15.0.